The van der Waals surface area contributed by atoms with Crippen molar-refractivity contribution < 1.29 is 0 Å². The van der Waals surface area contributed by atoms with Gasteiger partial charge in [0.1, 0.15) is 0 Å². The first-order chi connectivity index (χ1) is 6.74. The van der Waals surface area contributed by atoms with Crippen LogP contribution in [0, 0.1) is 11.3 Å². The Morgan fingerprint density at radius 2 is 2.43 bits per heavy atom. The summed E-state index contributed by atoms with van der Waals surface area (Å²) < 4.78 is 0.825. The SMILES string of the molecule is CC(NCCCC#N)c1ccc(Cl)s1. The van der Waals surface area contributed by atoms with Crippen molar-refractivity contribution in [3.05, 3.63) is 21.3 Å². The third-order valence-electron chi connectivity index (χ3n) is 1.94. The fourth-order valence-electron chi connectivity index (χ4n) is 1.15. The molecule has 4 heteroatoms. The van der Waals surface area contributed by atoms with Crippen LogP contribution in [-0.4, -0.2) is 6.54 Å². The second-order valence-corrected chi connectivity index (χ2v) is 4.83. The molecule has 0 saturated heterocycles. The van der Waals surface area contributed by atoms with Gasteiger partial charge in [0.2, 0.25) is 0 Å². The van der Waals surface area contributed by atoms with Crippen LogP contribution in [0.15, 0.2) is 12.1 Å². The molecule has 0 aliphatic heterocycles. The lowest BCUT2D eigenvalue weighted by atomic mass is 10.2. The van der Waals surface area contributed by atoms with E-state index in [1.807, 2.05) is 12.1 Å². The van der Waals surface area contributed by atoms with E-state index in [1.165, 1.54) is 4.88 Å². The van der Waals surface area contributed by atoms with Crippen molar-refractivity contribution in [2.45, 2.75) is 25.8 Å². The summed E-state index contributed by atoms with van der Waals surface area (Å²) in [7, 11) is 0. The molecule has 0 aliphatic rings. The van der Waals surface area contributed by atoms with Gasteiger partial charge in [0, 0.05) is 17.3 Å². The maximum atomic E-state index is 8.36. The van der Waals surface area contributed by atoms with Gasteiger partial charge in [-0.3, -0.25) is 0 Å². The van der Waals surface area contributed by atoms with Crippen LogP contribution >= 0.6 is 22.9 Å². The molecular weight excluding hydrogens is 216 g/mol. The van der Waals surface area contributed by atoms with Gasteiger partial charge >= 0.3 is 0 Å². The average molecular weight is 229 g/mol. The standard InChI is InChI=1S/C10H13ClN2S/c1-8(13-7-3-2-6-12)9-4-5-10(11)14-9/h4-5,8,13H,2-3,7H2,1H3. The van der Waals surface area contributed by atoms with Crippen molar-refractivity contribution >= 4 is 22.9 Å². The topological polar surface area (TPSA) is 35.8 Å². The molecule has 76 valence electrons. The zero-order chi connectivity index (χ0) is 10.4. The molecule has 0 bridgehead atoms. The third kappa shape index (κ3) is 3.67. The van der Waals surface area contributed by atoms with Gasteiger partial charge in [-0.2, -0.15) is 5.26 Å². The summed E-state index contributed by atoms with van der Waals surface area (Å²) in [5.41, 5.74) is 0. The molecule has 0 fully saturated rings. The summed E-state index contributed by atoms with van der Waals surface area (Å²) in [6.07, 6.45) is 1.52. The van der Waals surface area contributed by atoms with E-state index in [1.54, 1.807) is 11.3 Å². The number of thiophene rings is 1. The van der Waals surface area contributed by atoms with E-state index in [4.69, 9.17) is 16.9 Å². The van der Waals surface area contributed by atoms with Crippen LogP contribution in [0.2, 0.25) is 4.34 Å². The smallest absolute Gasteiger partial charge is 0.0931 e. The highest BCUT2D eigenvalue weighted by Crippen LogP contribution is 2.26. The summed E-state index contributed by atoms with van der Waals surface area (Å²) in [5.74, 6) is 0. The van der Waals surface area contributed by atoms with Crippen LogP contribution in [0.5, 0.6) is 0 Å². The minimum Gasteiger partial charge on any atom is -0.309 e. The van der Waals surface area contributed by atoms with Gasteiger partial charge in [-0.05, 0) is 32.0 Å². The van der Waals surface area contributed by atoms with E-state index >= 15 is 0 Å². The van der Waals surface area contributed by atoms with E-state index in [0.717, 1.165) is 17.3 Å². The van der Waals surface area contributed by atoms with Crippen LogP contribution in [0.1, 0.15) is 30.7 Å². The Labute approximate surface area is 93.5 Å². The van der Waals surface area contributed by atoms with Gasteiger partial charge in [0.25, 0.3) is 0 Å². The molecule has 14 heavy (non-hydrogen) atoms. The van der Waals surface area contributed by atoms with Crippen LogP contribution in [0.3, 0.4) is 0 Å². The molecule has 1 N–H and O–H groups in total. The summed E-state index contributed by atoms with van der Waals surface area (Å²) in [6, 6.07) is 6.40. The minimum atomic E-state index is 0.325. The highest BCUT2D eigenvalue weighted by atomic mass is 35.5. The Kier molecular flexibility index (Phi) is 4.95. The van der Waals surface area contributed by atoms with E-state index in [2.05, 4.69) is 18.3 Å². The molecule has 0 spiro atoms. The highest BCUT2D eigenvalue weighted by molar-refractivity contribution is 7.16. The van der Waals surface area contributed by atoms with Crippen LogP contribution in [0.25, 0.3) is 0 Å². The van der Waals surface area contributed by atoms with Gasteiger partial charge in [-0.25, -0.2) is 0 Å². The Balaban J connectivity index is 2.29. The van der Waals surface area contributed by atoms with Crippen molar-refractivity contribution in [2.24, 2.45) is 0 Å². The zero-order valence-corrected chi connectivity index (χ0v) is 9.66. The maximum Gasteiger partial charge on any atom is 0.0931 e. The monoisotopic (exact) mass is 228 g/mol. The average Bonchev–Trinajstić information content (AvgIpc) is 2.59. The molecule has 1 unspecified atom stereocenters. The molecule has 1 aromatic rings. The molecule has 0 radical (unpaired) electrons. The maximum absolute atomic E-state index is 8.36. The van der Waals surface area contributed by atoms with Crippen molar-refractivity contribution in [2.75, 3.05) is 6.54 Å². The predicted octanol–water partition coefficient (Wildman–Crippen LogP) is 3.36. The van der Waals surface area contributed by atoms with Gasteiger partial charge < -0.3 is 5.32 Å². The number of nitriles is 1. The molecular formula is C10H13ClN2S. The van der Waals surface area contributed by atoms with Crippen LogP contribution in [0.4, 0.5) is 0 Å². The second-order valence-electron chi connectivity index (χ2n) is 3.08. The molecule has 1 aromatic heterocycles. The van der Waals surface area contributed by atoms with Gasteiger partial charge in [-0.15, -0.1) is 11.3 Å². The van der Waals surface area contributed by atoms with Crippen LogP contribution < -0.4 is 5.32 Å². The van der Waals surface area contributed by atoms with Crippen LogP contribution in [-0.2, 0) is 0 Å². The lowest BCUT2D eigenvalue weighted by molar-refractivity contribution is 0.569. The minimum absolute atomic E-state index is 0.325. The lowest BCUT2D eigenvalue weighted by Gasteiger charge is -2.10. The molecule has 1 heterocycles. The number of nitrogens with zero attached hydrogens (tertiary/aromatic N) is 1. The molecule has 0 aromatic carbocycles. The van der Waals surface area contributed by atoms with E-state index in [-0.39, 0.29) is 0 Å². The molecule has 1 rings (SSSR count). The second kappa shape index (κ2) is 6.02. The van der Waals surface area contributed by atoms with Gasteiger partial charge in [0.05, 0.1) is 10.4 Å². The Bertz CT molecular complexity index is 316. The van der Waals surface area contributed by atoms with Gasteiger partial charge in [-0.1, -0.05) is 11.6 Å². The quantitative estimate of drug-likeness (QED) is 0.785. The summed E-state index contributed by atoms with van der Waals surface area (Å²) in [5, 5.41) is 11.7. The fraction of sp³-hybridized carbons (Fsp3) is 0.500. The highest BCUT2D eigenvalue weighted by Gasteiger charge is 2.06. The number of nitrogens with one attached hydrogen (secondary N) is 1. The van der Waals surface area contributed by atoms with Gasteiger partial charge in [0.15, 0.2) is 0 Å². The van der Waals surface area contributed by atoms with E-state index in [9.17, 15) is 0 Å². The predicted molar refractivity (Wildman–Crippen MR) is 60.6 cm³/mol. The number of unbranched alkanes of at least 4 members (excludes halogenated alkanes) is 1. The number of rotatable bonds is 5. The lowest BCUT2D eigenvalue weighted by Crippen LogP contribution is -2.18. The molecule has 0 amide bonds. The van der Waals surface area contributed by atoms with E-state index in [0.29, 0.717) is 12.5 Å². The van der Waals surface area contributed by atoms with Crippen molar-refractivity contribution in [1.82, 2.24) is 5.32 Å². The fourth-order valence-corrected chi connectivity index (χ4v) is 2.24. The summed E-state index contributed by atoms with van der Waals surface area (Å²) in [6.45, 7) is 2.98. The molecule has 1 atom stereocenters. The number of hydrogen-bond donors (Lipinski definition) is 1. The number of halogens is 1. The first kappa shape index (κ1) is 11.5. The first-order valence-electron chi connectivity index (χ1n) is 4.59. The summed E-state index contributed by atoms with van der Waals surface area (Å²) in [4.78, 5) is 1.24. The normalized spacial score (nSPS) is 12.4. The summed E-state index contributed by atoms with van der Waals surface area (Å²) >= 11 is 7.43. The molecule has 2 nitrogen and oxygen atoms in total. The van der Waals surface area contributed by atoms with Crippen molar-refractivity contribution in [3.63, 3.8) is 0 Å². The zero-order valence-electron chi connectivity index (χ0n) is 8.09. The van der Waals surface area contributed by atoms with E-state index < -0.39 is 0 Å². The Morgan fingerprint density at radius 1 is 1.64 bits per heavy atom. The number of hydrogen-bond acceptors (Lipinski definition) is 3. The molecule has 0 aliphatic carbocycles. The Morgan fingerprint density at radius 3 is 3.00 bits per heavy atom. The van der Waals surface area contributed by atoms with Crippen molar-refractivity contribution in [3.8, 4) is 6.07 Å². The first-order valence-corrected chi connectivity index (χ1v) is 5.79. The third-order valence-corrected chi connectivity index (χ3v) is 3.35. The van der Waals surface area contributed by atoms with Crippen molar-refractivity contribution in [1.29, 1.82) is 5.26 Å². The Hall–Kier alpha value is -0.560. The largest absolute Gasteiger partial charge is 0.309 e. The molecule has 0 saturated carbocycles.